The largest absolute Gasteiger partial charge is 0.310 e. The third kappa shape index (κ3) is 5.30. The van der Waals surface area contributed by atoms with Crippen molar-refractivity contribution >= 4 is 82.0 Å². The molecule has 0 aliphatic carbocycles. The highest BCUT2D eigenvalue weighted by Gasteiger charge is 2.19. The van der Waals surface area contributed by atoms with Crippen LogP contribution < -0.4 is 4.90 Å². The number of benzene rings is 9. The molecule has 4 heteroatoms. The van der Waals surface area contributed by atoms with E-state index in [2.05, 4.69) is 210 Å². The summed E-state index contributed by atoms with van der Waals surface area (Å²) in [5.74, 6) is 0. The van der Waals surface area contributed by atoms with E-state index in [9.17, 15) is 0 Å². The normalized spacial score (nSPS) is 11.6. The van der Waals surface area contributed by atoms with Crippen LogP contribution in [0.15, 0.2) is 200 Å². The zero-order valence-corrected chi connectivity index (χ0v) is 30.6. The lowest BCUT2D eigenvalue weighted by atomic mass is 10.00. The molecule has 2 aromatic heterocycles. The smallest absolute Gasteiger partial charge is 0.124 e. The molecule has 0 spiro atoms. The van der Waals surface area contributed by atoms with Gasteiger partial charge >= 0.3 is 0 Å². The van der Waals surface area contributed by atoms with Gasteiger partial charge in [-0.05, 0) is 87.9 Å². The molecule has 0 radical (unpaired) electrons. The van der Waals surface area contributed by atoms with Gasteiger partial charge in [-0.1, -0.05) is 140 Å². The van der Waals surface area contributed by atoms with Crippen LogP contribution in [0.25, 0.3) is 81.0 Å². The molecular formula is C51H33N3S. The van der Waals surface area contributed by atoms with Crippen molar-refractivity contribution < 1.29 is 0 Å². The molecule has 2 heterocycles. The second-order valence-electron chi connectivity index (χ2n) is 14.0. The highest BCUT2D eigenvalue weighted by Crippen LogP contribution is 2.43. The molecule has 0 aliphatic rings. The Morgan fingerprint density at radius 1 is 0.418 bits per heavy atom. The van der Waals surface area contributed by atoms with E-state index in [1.165, 1.54) is 53.7 Å². The number of fused-ring (bicyclic) bond motifs is 8. The first-order valence-electron chi connectivity index (χ1n) is 18.6. The van der Waals surface area contributed by atoms with Crippen LogP contribution in [0.4, 0.5) is 17.1 Å². The highest BCUT2D eigenvalue weighted by molar-refractivity contribution is 7.21. The average Bonchev–Trinajstić information content (AvgIpc) is 3.84. The molecule has 3 nitrogen and oxygen atoms in total. The molecule has 0 aliphatic heterocycles. The van der Waals surface area contributed by atoms with Gasteiger partial charge < -0.3 is 9.47 Å². The van der Waals surface area contributed by atoms with Gasteiger partial charge in [-0.2, -0.15) is 0 Å². The van der Waals surface area contributed by atoms with Gasteiger partial charge in [0.15, 0.2) is 0 Å². The quantitative estimate of drug-likeness (QED) is 0.160. The summed E-state index contributed by atoms with van der Waals surface area (Å²) in [6, 6.07) is 72.2. The summed E-state index contributed by atoms with van der Waals surface area (Å²) < 4.78 is 3.61. The zero-order chi connectivity index (χ0) is 36.3. The number of thiazole rings is 1. The molecule has 0 saturated carbocycles. The molecule has 11 aromatic rings. The topological polar surface area (TPSA) is 21.1 Å². The van der Waals surface area contributed by atoms with Gasteiger partial charge in [-0.15, -0.1) is 11.3 Å². The van der Waals surface area contributed by atoms with E-state index in [4.69, 9.17) is 4.98 Å². The fraction of sp³-hybridized carbons (Fsp3) is 0. The Labute approximate surface area is 322 Å². The summed E-state index contributed by atoms with van der Waals surface area (Å²) >= 11 is 1.76. The van der Waals surface area contributed by atoms with Crippen LogP contribution in [0.1, 0.15) is 0 Å². The Kier molecular flexibility index (Phi) is 7.35. The molecule has 0 bridgehead atoms. The van der Waals surface area contributed by atoms with Crippen molar-refractivity contribution in [2.45, 2.75) is 0 Å². The molecular weight excluding hydrogens is 687 g/mol. The maximum Gasteiger partial charge on any atom is 0.124 e. The fourth-order valence-corrected chi connectivity index (χ4v) is 9.20. The first-order chi connectivity index (χ1) is 27.3. The van der Waals surface area contributed by atoms with Crippen LogP contribution in [0, 0.1) is 0 Å². The van der Waals surface area contributed by atoms with Gasteiger partial charge in [0.2, 0.25) is 0 Å². The predicted molar refractivity (Wildman–Crippen MR) is 235 cm³/mol. The second-order valence-corrected chi connectivity index (χ2v) is 15.0. The van der Waals surface area contributed by atoms with Gasteiger partial charge in [-0.25, -0.2) is 4.98 Å². The van der Waals surface area contributed by atoms with Crippen molar-refractivity contribution in [2.24, 2.45) is 0 Å². The van der Waals surface area contributed by atoms with Crippen LogP contribution >= 0.6 is 11.3 Å². The molecule has 9 aromatic carbocycles. The first kappa shape index (κ1) is 31.5. The molecule has 0 amide bonds. The second kappa shape index (κ2) is 12.8. The Morgan fingerprint density at radius 2 is 1.05 bits per heavy atom. The predicted octanol–water partition coefficient (Wildman–Crippen LogP) is 14.5. The van der Waals surface area contributed by atoms with Gasteiger partial charge in [-0.3, -0.25) is 0 Å². The number of hydrogen-bond donors (Lipinski definition) is 0. The number of nitrogens with zero attached hydrogens (tertiary/aromatic N) is 3. The van der Waals surface area contributed by atoms with Crippen molar-refractivity contribution in [2.75, 3.05) is 4.90 Å². The van der Waals surface area contributed by atoms with E-state index < -0.39 is 0 Å². The van der Waals surface area contributed by atoms with Crippen molar-refractivity contribution in [3.05, 3.63) is 200 Å². The monoisotopic (exact) mass is 719 g/mol. The Morgan fingerprint density at radius 3 is 1.89 bits per heavy atom. The van der Waals surface area contributed by atoms with Crippen LogP contribution in [0.2, 0.25) is 0 Å². The van der Waals surface area contributed by atoms with Crippen molar-refractivity contribution in [3.63, 3.8) is 0 Å². The van der Waals surface area contributed by atoms with Crippen molar-refractivity contribution in [1.82, 2.24) is 9.55 Å². The standard InChI is InChI=1S/C51H33N3S/c1-4-13-34(14-5-1)38-17-12-20-40(31-38)54-46-22-11-10-21-43(46)44-29-28-42(33-47(44)54)53(39-18-8-3-9-19-39)41-27-25-35-23-24-36-26-30-48-50(49(36)45(35)32-41)52-51(55-48)37-15-6-2-7-16-37/h1-33H. The highest BCUT2D eigenvalue weighted by atomic mass is 32.1. The first-order valence-corrected chi connectivity index (χ1v) is 19.4. The van der Waals surface area contributed by atoms with E-state index in [1.54, 1.807) is 11.3 Å². The lowest BCUT2D eigenvalue weighted by molar-refractivity contribution is 1.18. The fourth-order valence-electron chi connectivity index (χ4n) is 8.22. The Bertz CT molecular complexity index is 3200. The van der Waals surface area contributed by atoms with Crippen LogP contribution in [-0.4, -0.2) is 9.55 Å². The van der Waals surface area contributed by atoms with Gasteiger partial charge in [0, 0.05) is 44.5 Å². The van der Waals surface area contributed by atoms with E-state index in [1.807, 2.05) is 0 Å². The number of hydrogen-bond acceptors (Lipinski definition) is 3. The SMILES string of the molecule is c1ccc(-c2cccc(-n3c4ccccc4c4ccc(N(c5ccccc5)c5ccc6ccc7ccc8sc(-c9ccccc9)nc8c7c6c5)cc43)c2)cc1. The van der Waals surface area contributed by atoms with Gasteiger partial charge in [0.25, 0.3) is 0 Å². The molecule has 0 fully saturated rings. The number of rotatable bonds is 6. The Balaban J connectivity index is 1.13. The molecule has 0 atom stereocenters. The molecule has 0 N–H and O–H groups in total. The van der Waals surface area contributed by atoms with E-state index >= 15 is 0 Å². The van der Waals surface area contributed by atoms with Gasteiger partial charge in [0.1, 0.15) is 5.01 Å². The van der Waals surface area contributed by atoms with Crippen LogP contribution in [-0.2, 0) is 0 Å². The average molecular weight is 720 g/mol. The van der Waals surface area contributed by atoms with Crippen molar-refractivity contribution in [3.8, 4) is 27.4 Å². The molecule has 11 rings (SSSR count). The minimum Gasteiger partial charge on any atom is -0.310 e. The summed E-state index contributed by atoms with van der Waals surface area (Å²) in [5, 5.41) is 8.27. The maximum absolute atomic E-state index is 5.27. The van der Waals surface area contributed by atoms with E-state index in [-0.39, 0.29) is 0 Å². The molecule has 0 saturated heterocycles. The minimum atomic E-state index is 1.04. The lowest BCUT2D eigenvalue weighted by Gasteiger charge is -2.26. The maximum atomic E-state index is 5.27. The summed E-state index contributed by atoms with van der Waals surface area (Å²) in [6.07, 6.45) is 0. The van der Waals surface area contributed by atoms with Crippen LogP contribution in [0.5, 0.6) is 0 Å². The third-order valence-corrected chi connectivity index (χ3v) is 11.8. The third-order valence-electron chi connectivity index (χ3n) is 10.8. The number of anilines is 3. The molecule has 0 unspecified atom stereocenters. The Hall–Kier alpha value is -7.01. The lowest BCUT2D eigenvalue weighted by Crippen LogP contribution is -2.10. The van der Waals surface area contributed by atoms with E-state index in [0.717, 1.165) is 44.4 Å². The summed E-state index contributed by atoms with van der Waals surface area (Å²) in [7, 11) is 0. The van der Waals surface area contributed by atoms with E-state index in [0.29, 0.717) is 0 Å². The van der Waals surface area contributed by atoms with Crippen molar-refractivity contribution in [1.29, 1.82) is 0 Å². The molecule has 55 heavy (non-hydrogen) atoms. The van der Waals surface area contributed by atoms with Crippen LogP contribution in [0.3, 0.4) is 0 Å². The number of aromatic nitrogens is 2. The zero-order valence-electron chi connectivity index (χ0n) is 29.8. The molecule has 258 valence electrons. The summed E-state index contributed by atoms with van der Waals surface area (Å²) in [5.41, 5.74) is 11.4. The minimum absolute atomic E-state index is 1.04. The summed E-state index contributed by atoms with van der Waals surface area (Å²) in [4.78, 5) is 7.66. The van der Waals surface area contributed by atoms with Gasteiger partial charge in [0.05, 0.1) is 21.3 Å². The number of para-hydroxylation sites is 2. The summed E-state index contributed by atoms with van der Waals surface area (Å²) in [6.45, 7) is 0.